The van der Waals surface area contributed by atoms with Crippen molar-refractivity contribution in [2.75, 3.05) is 0 Å². The van der Waals surface area contributed by atoms with Crippen LogP contribution in [0, 0.1) is 0 Å². The van der Waals surface area contributed by atoms with Gasteiger partial charge in [-0.15, -0.1) is 5.10 Å². The van der Waals surface area contributed by atoms with Gasteiger partial charge in [-0.3, -0.25) is 9.67 Å². The van der Waals surface area contributed by atoms with E-state index in [2.05, 4.69) is 20.3 Å². The zero-order valence-electron chi connectivity index (χ0n) is 15.9. The molecule has 2 heterocycles. The monoisotopic (exact) mass is 440 g/mol. The minimum absolute atomic E-state index is 0.147. The largest absolute Gasteiger partial charge is 0.346 e. The highest BCUT2D eigenvalue weighted by Gasteiger charge is 2.30. The minimum atomic E-state index is -0.147. The molecule has 0 spiro atoms. The molecule has 1 N–H and O–H groups in total. The molecule has 0 bridgehead atoms. The molecule has 0 atom stereocenters. The third kappa shape index (κ3) is 3.78. The molecule has 1 aliphatic carbocycles. The van der Waals surface area contributed by atoms with Crippen molar-refractivity contribution in [3.05, 3.63) is 86.3 Å². The summed E-state index contributed by atoms with van der Waals surface area (Å²) in [5, 5.41) is 13.1. The predicted molar refractivity (Wildman–Crippen MR) is 115 cm³/mol. The summed E-state index contributed by atoms with van der Waals surface area (Å²) in [5.74, 6) is 1.84. The lowest BCUT2D eigenvalue weighted by Gasteiger charge is -2.03. The maximum absolute atomic E-state index is 13.0. The second kappa shape index (κ2) is 7.74. The van der Waals surface area contributed by atoms with Gasteiger partial charge in [0, 0.05) is 28.1 Å². The number of H-pyrrole nitrogens is 1. The van der Waals surface area contributed by atoms with Crippen LogP contribution < -0.4 is 5.69 Å². The molecule has 0 aliphatic heterocycles. The molecule has 152 valence electrons. The summed E-state index contributed by atoms with van der Waals surface area (Å²) in [7, 11) is 0. The molecule has 1 saturated carbocycles. The zero-order valence-corrected chi connectivity index (χ0v) is 17.4. The lowest BCUT2D eigenvalue weighted by molar-refractivity contribution is 0.608. The molecule has 1 aliphatic rings. The van der Waals surface area contributed by atoms with Crippen LogP contribution in [-0.2, 0) is 13.0 Å². The van der Waals surface area contributed by atoms with Gasteiger partial charge in [0.1, 0.15) is 12.4 Å². The van der Waals surface area contributed by atoms with Crippen LogP contribution in [0.4, 0.5) is 0 Å². The van der Waals surface area contributed by atoms with Gasteiger partial charge in [-0.1, -0.05) is 41.4 Å². The van der Waals surface area contributed by atoms with E-state index in [1.54, 1.807) is 16.7 Å². The Morgan fingerprint density at radius 2 is 1.83 bits per heavy atom. The van der Waals surface area contributed by atoms with Crippen molar-refractivity contribution in [2.45, 2.75) is 31.8 Å². The number of halogens is 2. The third-order valence-electron chi connectivity index (χ3n) is 5.07. The molecule has 5 rings (SSSR count). The Hall–Kier alpha value is -2.90. The van der Waals surface area contributed by atoms with Crippen molar-refractivity contribution in [3.63, 3.8) is 0 Å². The maximum atomic E-state index is 13.0. The van der Waals surface area contributed by atoms with E-state index in [4.69, 9.17) is 23.2 Å². The molecule has 1 fully saturated rings. The fourth-order valence-corrected chi connectivity index (χ4v) is 3.75. The highest BCUT2D eigenvalue weighted by Crippen LogP contribution is 2.36. The Bertz CT molecular complexity index is 1250. The number of aromatic nitrogens is 6. The van der Waals surface area contributed by atoms with Gasteiger partial charge in [-0.05, 0) is 48.7 Å². The van der Waals surface area contributed by atoms with Crippen molar-refractivity contribution in [1.82, 2.24) is 29.5 Å². The predicted octanol–water partition coefficient (Wildman–Crippen LogP) is 4.11. The molecule has 2 aromatic carbocycles. The van der Waals surface area contributed by atoms with Gasteiger partial charge < -0.3 is 0 Å². The Morgan fingerprint density at radius 1 is 1.07 bits per heavy atom. The SMILES string of the molecule is O=c1n(Cc2nc(Cc3ccccc3Cl)n[nH]2)nc(-c2ccc(Cl)cc2)n1C1CC1. The van der Waals surface area contributed by atoms with Crippen LogP contribution >= 0.6 is 23.2 Å². The molecular formula is C21H18Cl2N6O. The molecular weight excluding hydrogens is 423 g/mol. The Morgan fingerprint density at radius 3 is 2.57 bits per heavy atom. The summed E-state index contributed by atoms with van der Waals surface area (Å²) in [6.07, 6.45) is 2.48. The van der Waals surface area contributed by atoms with Crippen molar-refractivity contribution in [1.29, 1.82) is 0 Å². The van der Waals surface area contributed by atoms with Crippen molar-refractivity contribution >= 4 is 23.2 Å². The number of nitrogens with one attached hydrogen (secondary N) is 1. The van der Waals surface area contributed by atoms with Crippen LogP contribution in [0.25, 0.3) is 11.4 Å². The van der Waals surface area contributed by atoms with Crippen LogP contribution in [0.15, 0.2) is 53.3 Å². The molecule has 0 unspecified atom stereocenters. The van der Waals surface area contributed by atoms with Crippen molar-refractivity contribution in [2.24, 2.45) is 0 Å². The van der Waals surface area contributed by atoms with Crippen LogP contribution in [0.5, 0.6) is 0 Å². The first-order valence-corrected chi connectivity index (χ1v) is 10.4. The quantitative estimate of drug-likeness (QED) is 0.488. The molecule has 9 heteroatoms. The maximum Gasteiger partial charge on any atom is 0.346 e. The Labute approximate surface area is 182 Å². The first kappa shape index (κ1) is 19.1. The van der Waals surface area contributed by atoms with Gasteiger partial charge in [-0.25, -0.2) is 14.5 Å². The Kier molecular flexibility index (Phi) is 4.92. The summed E-state index contributed by atoms with van der Waals surface area (Å²) in [4.78, 5) is 17.5. The molecule has 0 saturated heterocycles. The smallest absolute Gasteiger partial charge is 0.272 e. The molecule has 0 amide bonds. The number of rotatable bonds is 6. The summed E-state index contributed by atoms with van der Waals surface area (Å²) in [6.45, 7) is 0.217. The van der Waals surface area contributed by atoms with Gasteiger partial charge in [0.15, 0.2) is 11.6 Å². The van der Waals surface area contributed by atoms with E-state index in [0.29, 0.717) is 33.9 Å². The molecule has 2 aromatic heterocycles. The van der Waals surface area contributed by atoms with Crippen LogP contribution in [0.1, 0.15) is 36.1 Å². The lowest BCUT2D eigenvalue weighted by atomic mass is 10.1. The van der Waals surface area contributed by atoms with E-state index in [-0.39, 0.29) is 18.3 Å². The fraction of sp³-hybridized carbons (Fsp3) is 0.238. The summed E-state index contributed by atoms with van der Waals surface area (Å²) >= 11 is 12.2. The highest BCUT2D eigenvalue weighted by molar-refractivity contribution is 6.31. The van der Waals surface area contributed by atoms with E-state index in [9.17, 15) is 4.79 Å². The number of nitrogens with zero attached hydrogens (tertiary/aromatic N) is 5. The molecule has 30 heavy (non-hydrogen) atoms. The summed E-state index contributed by atoms with van der Waals surface area (Å²) in [6, 6.07) is 15.2. The average molecular weight is 441 g/mol. The van der Waals surface area contributed by atoms with Crippen LogP contribution in [0.2, 0.25) is 10.0 Å². The van der Waals surface area contributed by atoms with E-state index in [1.807, 2.05) is 36.4 Å². The molecule has 7 nitrogen and oxygen atoms in total. The minimum Gasteiger partial charge on any atom is -0.272 e. The number of hydrogen-bond donors (Lipinski definition) is 1. The number of benzene rings is 2. The lowest BCUT2D eigenvalue weighted by Crippen LogP contribution is -2.25. The van der Waals surface area contributed by atoms with E-state index in [0.717, 1.165) is 24.0 Å². The second-order valence-corrected chi connectivity index (χ2v) is 8.18. The van der Waals surface area contributed by atoms with Gasteiger partial charge in [-0.2, -0.15) is 5.10 Å². The van der Waals surface area contributed by atoms with Crippen LogP contribution in [-0.4, -0.2) is 29.5 Å². The van der Waals surface area contributed by atoms with Crippen molar-refractivity contribution < 1.29 is 0 Å². The standard InChI is InChI=1S/C21H18Cl2N6O/c22-15-7-5-13(6-8-15)20-27-28(21(30)29(20)16-9-10-16)12-19-24-18(25-26-19)11-14-3-1-2-4-17(14)23/h1-8,16H,9-12H2,(H,24,25,26). The number of hydrogen-bond acceptors (Lipinski definition) is 4. The number of aromatic amines is 1. The first-order chi connectivity index (χ1) is 14.6. The highest BCUT2D eigenvalue weighted by atomic mass is 35.5. The summed E-state index contributed by atoms with van der Waals surface area (Å²) < 4.78 is 3.20. The molecule has 4 aromatic rings. The van der Waals surface area contributed by atoms with Gasteiger partial charge in [0.25, 0.3) is 0 Å². The molecule has 0 radical (unpaired) electrons. The van der Waals surface area contributed by atoms with Crippen molar-refractivity contribution in [3.8, 4) is 11.4 Å². The van der Waals surface area contributed by atoms with E-state index < -0.39 is 0 Å². The topological polar surface area (TPSA) is 81.4 Å². The van der Waals surface area contributed by atoms with Crippen LogP contribution in [0.3, 0.4) is 0 Å². The van der Waals surface area contributed by atoms with E-state index in [1.165, 1.54) is 4.68 Å². The zero-order chi connectivity index (χ0) is 20.7. The van der Waals surface area contributed by atoms with Gasteiger partial charge in [0.2, 0.25) is 0 Å². The fourth-order valence-electron chi connectivity index (χ4n) is 3.42. The first-order valence-electron chi connectivity index (χ1n) is 9.67. The Balaban J connectivity index is 1.42. The third-order valence-corrected chi connectivity index (χ3v) is 5.69. The summed E-state index contributed by atoms with van der Waals surface area (Å²) in [5.41, 5.74) is 1.66. The van der Waals surface area contributed by atoms with E-state index >= 15 is 0 Å². The normalized spacial score (nSPS) is 13.7. The average Bonchev–Trinajstić information content (AvgIpc) is 3.40. The van der Waals surface area contributed by atoms with Gasteiger partial charge >= 0.3 is 5.69 Å². The second-order valence-electron chi connectivity index (χ2n) is 7.34. The van der Waals surface area contributed by atoms with Gasteiger partial charge in [0.05, 0.1) is 0 Å².